The molecule has 0 aromatic rings. The van der Waals surface area contributed by atoms with Crippen LogP contribution in [0.15, 0.2) is 23.8 Å². The Hall–Kier alpha value is -1.22. The van der Waals surface area contributed by atoms with Crippen molar-refractivity contribution in [2.75, 3.05) is 0 Å². The van der Waals surface area contributed by atoms with E-state index in [-0.39, 0.29) is 23.4 Å². The van der Waals surface area contributed by atoms with Gasteiger partial charge in [0.15, 0.2) is 5.78 Å². The lowest BCUT2D eigenvalue weighted by molar-refractivity contribution is -0.123. The Balaban J connectivity index is 2.94. The van der Waals surface area contributed by atoms with Crippen molar-refractivity contribution in [3.63, 3.8) is 0 Å². The summed E-state index contributed by atoms with van der Waals surface area (Å²) in [5, 5.41) is 10.8. The maximum absolute atomic E-state index is 11.5. The zero-order valence-corrected chi connectivity index (χ0v) is 11.6. The van der Waals surface area contributed by atoms with Crippen molar-refractivity contribution in [3.05, 3.63) is 23.8 Å². The number of aliphatic hydroxyl groups is 1. The van der Waals surface area contributed by atoms with E-state index in [1.807, 2.05) is 26.8 Å². The zero-order valence-electron chi connectivity index (χ0n) is 11.6. The molecule has 1 rings (SSSR count). The number of allylic oxidation sites excluding steroid dienone is 2. The molecule has 3 nitrogen and oxygen atoms in total. The summed E-state index contributed by atoms with van der Waals surface area (Å²) in [5.74, 6) is -0.420. The first-order chi connectivity index (χ1) is 8.19. The molecule has 0 aromatic carbocycles. The van der Waals surface area contributed by atoms with E-state index in [1.54, 1.807) is 6.08 Å². The fourth-order valence-electron chi connectivity index (χ4n) is 2.40. The predicted molar refractivity (Wildman–Crippen MR) is 71.2 cm³/mol. The average molecular weight is 250 g/mol. The van der Waals surface area contributed by atoms with E-state index in [9.17, 15) is 14.7 Å². The van der Waals surface area contributed by atoms with Gasteiger partial charge in [-0.2, -0.15) is 0 Å². The topological polar surface area (TPSA) is 54.4 Å². The van der Waals surface area contributed by atoms with E-state index in [0.717, 1.165) is 18.4 Å². The van der Waals surface area contributed by atoms with E-state index in [2.05, 4.69) is 0 Å². The smallest absolute Gasteiger partial charge is 0.162 e. The first kappa shape index (κ1) is 14.8. The minimum atomic E-state index is -1.10. The molecule has 0 aromatic heterocycles. The summed E-state index contributed by atoms with van der Waals surface area (Å²) in [4.78, 5) is 22.4. The Labute approximate surface area is 109 Å². The molecule has 18 heavy (non-hydrogen) atoms. The SMILES string of the molecule is CC(=O)CC(=O)/C=C/C1(O)C(C)=CCCC1(C)C. The van der Waals surface area contributed by atoms with E-state index < -0.39 is 5.60 Å². The Morgan fingerprint density at radius 3 is 2.56 bits per heavy atom. The van der Waals surface area contributed by atoms with Crippen molar-refractivity contribution in [1.29, 1.82) is 0 Å². The highest BCUT2D eigenvalue weighted by atomic mass is 16.3. The molecule has 100 valence electrons. The largest absolute Gasteiger partial charge is 0.381 e. The average Bonchev–Trinajstić information content (AvgIpc) is 2.22. The van der Waals surface area contributed by atoms with Crippen LogP contribution in [0.1, 0.15) is 47.0 Å². The molecule has 0 saturated heterocycles. The summed E-state index contributed by atoms with van der Waals surface area (Å²) >= 11 is 0. The van der Waals surface area contributed by atoms with Crippen LogP contribution in [0.2, 0.25) is 0 Å². The van der Waals surface area contributed by atoms with E-state index in [4.69, 9.17) is 0 Å². The van der Waals surface area contributed by atoms with Gasteiger partial charge in [-0.15, -0.1) is 0 Å². The first-order valence-electron chi connectivity index (χ1n) is 6.30. The quantitative estimate of drug-likeness (QED) is 0.474. The predicted octanol–water partition coefficient (Wildman–Crippen LogP) is 2.59. The molecule has 0 bridgehead atoms. The van der Waals surface area contributed by atoms with Gasteiger partial charge in [-0.1, -0.05) is 19.9 Å². The van der Waals surface area contributed by atoms with Gasteiger partial charge < -0.3 is 5.11 Å². The van der Waals surface area contributed by atoms with E-state index >= 15 is 0 Å². The molecule has 0 radical (unpaired) electrons. The monoisotopic (exact) mass is 250 g/mol. The molecular weight excluding hydrogens is 228 g/mol. The summed E-state index contributed by atoms with van der Waals surface area (Å²) in [7, 11) is 0. The summed E-state index contributed by atoms with van der Waals surface area (Å²) in [6.45, 7) is 7.24. The second-order valence-corrected chi connectivity index (χ2v) is 5.75. The van der Waals surface area contributed by atoms with Crippen LogP contribution in [0.3, 0.4) is 0 Å². The Morgan fingerprint density at radius 1 is 1.44 bits per heavy atom. The minimum absolute atomic E-state index is 0.101. The van der Waals surface area contributed by atoms with Crippen LogP contribution >= 0.6 is 0 Å². The fraction of sp³-hybridized carbons (Fsp3) is 0.600. The number of hydrogen-bond acceptors (Lipinski definition) is 3. The molecular formula is C15H22O3. The Kier molecular flexibility index (Phi) is 4.28. The van der Waals surface area contributed by atoms with E-state index in [0.29, 0.717) is 0 Å². The van der Waals surface area contributed by atoms with Gasteiger partial charge in [-0.25, -0.2) is 0 Å². The third kappa shape index (κ3) is 2.96. The van der Waals surface area contributed by atoms with Gasteiger partial charge >= 0.3 is 0 Å². The van der Waals surface area contributed by atoms with E-state index in [1.165, 1.54) is 13.0 Å². The summed E-state index contributed by atoms with van der Waals surface area (Å²) in [6.07, 6.45) is 6.60. The molecule has 1 N–H and O–H groups in total. The lowest BCUT2D eigenvalue weighted by Gasteiger charge is -2.44. The zero-order chi connectivity index (χ0) is 14.0. The van der Waals surface area contributed by atoms with Gasteiger partial charge in [-0.3, -0.25) is 9.59 Å². The Bertz CT molecular complexity index is 415. The maximum atomic E-state index is 11.5. The highest BCUT2D eigenvalue weighted by molar-refractivity contribution is 6.03. The molecule has 1 atom stereocenters. The van der Waals surface area contributed by atoms with Crippen LogP contribution in [-0.2, 0) is 9.59 Å². The molecule has 0 amide bonds. The van der Waals surface area contributed by atoms with Crippen LogP contribution in [0.25, 0.3) is 0 Å². The summed E-state index contributed by atoms with van der Waals surface area (Å²) in [6, 6.07) is 0. The van der Waals surface area contributed by atoms with Crippen molar-refractivity contribution in [3.8, 4) is 0 Å². The molecule has 0 saturated carbocycles. The molecule has 0 fully saturated rings. The highest BCUT2D eigenvalue weighted by Gasteiger charge is 2.44. The van der Waals surface area contributed by atoms with Crippen LogP contribution in [0.5, 0.6) is 0 Å². The normalized spacial score (nSPS) is 27.1. The van der Waals surface area contributed by atoms with Crippen LogP contribution in [-0.4, -0.2) is 22.3 Å². The minimum Gasteiger partial charge on any atom is -0.381 e. The van der Waals surface area contributed by atoms with Crippen LogP contribution < -0.4 is 0 Å². The van der Waals surface area contributed by atoms with Gasteiger partial charge in [0, 0.05) is 5.41 Å². The number of Topliss-reactive ketones (excluding diaryl/α,β-unsaturated/α-hetero) is 1. The highest BCUT2D eigenvalue weighted by Crippen LogP contribution is 2.45. The fourth-order valence-corrected chi connectivity index (χ4v) is 2.40. The second kappa shape index (κ2) is 5.19. The molecule has 0 spiro atoms. The third-order valence-corrected chi connectivity index (χ3v) is 3.79. The standard InChI is InChI=1S/C15H22O3/c1-11-6-5-8-14(3,4)15(11,18)9-7-13(17)10-12(2)16/h6-7,9,18H,5,8,10H2,1-4H3/b9-7+. The molecule has 3 heteroatoms. The van der Waals surface area contributed by atoms with Crippen molar-refractivity contribution in [2.45, 2.75) is 52.6 Å². The van der Waals surface area contributed by atoms with Crippen molar-refractivity contribution in [2.24, 2.45) is 5.41 Å². The Morgan fingerprint density at radius 2 is 2.06 bits per heavy atom. The number of ketones is 2. The lowest BCUT2D eigenvalue weighted by Crippen LogP contribution is -2.46. The van der Waals surface area contributed by atoms with Crippen molar-refractivity contribution < 1.29 is 14.7 Å². The third-order valence-electron chi connectivity index (χ3n) is 3.79. The van der Waals surface area contributed by atoms with Gasteiger partial charge in [0.1, 0.15) is 11.4 Å². The number of rotatable bonds is 4. The second-order valence-electron chi connectivity index (χ2n) is 5.75. The van der Waals surface area contributed by atoms with Gasteiger partial charge in [0.2, 0.25) is 0 Å². The van der Waals surface area contributed by atoms with Crippen molar-refractivity contribution >= 4 is 11.6 Å². The summed E-state index contributed by atoms with van der Waals surface area (Å²) in [5.41, 5.74) is -0.540. The summed E-state index contributed by atoms with van der Waals surface area (Å²) < 4.78 is 0. The maximum Gasteiger partial charge on any atom is 0.162 e. The number of hydrogen-bond donors (Lipinski definition) is 1. The number of carbonyl (C=O) groups is 2. The van der Waals surface area contributed by atoms with Crippen LogP contribution in [0.4, 0.5) is 0 Å². The first-order valence-corrected chi connectivity index (χ1v) is 6.30. The van der Waals surface area contributed by atoms with Gasteiger partial charge in [0.25, 0.3) is 0 Å². The lowest BCUT2D eigenvalue weighted by atomic mass is 9.65. The molecule has 0 heterocycles. The van der Waals surface area contributed by atoms with Crippen LogP contribution in [0, 0.1) is 5.41 Å². The molecule has 1 aliphatic rings. The van der Waals surface area contributed by atoms with Gasteiger partial charge in [0.05, 0.1) is 6.42 Å². The molecule has 1 unspecified atom stereocenters. The van der Waals surface area contributed by atoms with Crippen molar-refractivity contribution in [1.82, 2.24) is 0 Å². The molecule has 0 aliphatic heterocycles. The van der Waals surface area contributed by atoms with Gasteiger partial charge in [-0.05, 0) is 44.4 Å². The number of carbonyl (C=O) groups excluding carboxylic acids is 2. The molecule has 1 aliphatic carbocycles.